The molecular formula is C21H29N5O2. The number of carbonyl (C=O) groups is 1. The highest BCUT2D eigenvalue weighted by Crippen LogP contribution is 2.24. The molecule has 0 aliphatic carbocycles. The van der Waals surface area contributed by atoms with Gasteiger partial charge in [0.05, 0.1) is 17.9 Å². The third kappa shape index (κ3) is 4.97. The van der Waals surface area contributed by atoms with E-state index in [4.69, 9.17) is 10.5 Å². The van der Waals surface area contributed by atoms with Gasteiger partial charge in [0, 0.05) is 31.5 Å². The predicted octanol–water partition coefficient (Wildman–Crippen LogP) is 2.97. The average Bonchev–Trinajstić information content (AvgIpc) is 2.65. The first-order valence-electron chi connectivity index (χ1n) is 9.88. The number of ether oxygens (including phenoxy) is 1. The molecule has 28 heavy (non-hydrogen) atoms. The van der Waals surface area contributed by atoms with Gasteiger partial charge in [-0.15, -0.1) is 0 Å². The molecule has 1 amide bonds. The molecule has 1 aliphatic rings. The number of pyridine rings is 1. The summed E-state index contributed by atoms with van der Waals surface area (Å²) in [5.41, 5.74) is 8.39. The monoisotopic (exact) mass is 383 g/mol. The molecule has 0 spiro atoms. The van der Waals surface area contributed by atoms with Crippen LogP contribution in [0.3, 0.4) is 0 Å². The van der Waals surface area contributed by atoms with E-state index in [2.05, 4.69) is 19.9 Å². The molecule has 1 aliphatic heterocycles. The van der Waals surface area contributed by atoms with Crippen molar-refractivity contribution in [3.05, 3.63) is 40.8 Å². The number of aromatic nitrogens is 3. The quantitative estimate of drug-likeness (QED) is 0.739. The van der Waals surface area contributed by atoms with Crippen LogP contribution in [-0.4, -0.2) is 40.6 Å². The van der Waals surface area contributed by atoms with Gasteiger partial charge in [-0.2, -0.15) is 0 Å². The summed E-state index contributed by atoms with van der Waals surface area (Å²) in [6.45, 7) is 8.27. The Bertz CT molecular complexity index is 791. The molecule has 0 atom stereocenters. The highest BCUT2D eigenvalue weighted by atomic mass is 16.5. The van der Waals surface area contributed by atoms with Gasteiger partial charge in [0.1, 0.15) is 0 Å². The Morgan fingerprint density at radius 2 is 1.89 bits per heavy atom. The van der Waals surface area contributed by atoms with Crippen LogP contribution in [0.1, 0.15) is 52.9 Å². The van der Waals surface area contributed by atoms with Crippen LogP contribution >= 0.6 is 0 Å². The lowest BCUT2D eigenvalue weighted by Gasteiger charge is -2.32. The predicted molar refractivity (Wildman–Crippen MR) is 109 cm³/mol. The summed E-state index contributed by atoms with van der Waals surface area (Å²) < 4.78 is 5.80. The van der Waals surface area contributed by atoms with E-state index in [9.17, 15) is 4.79 Å². The molecule has 150 valence electrons. The zero-order valence-electron chi connectivity index (χ0n) is 16.9. The number of amides is 1. The Hall–Kier alpha value is -2.70. The minimum atomic E-state index is -0.448. The summed E-state index contributed by atoms with van der Waals surface area (Å²) in [5, 5.41) is 0. The van der Waals surface area contributed by atoms with Gasteiger partial charge >= 0.3 is 0 Å². The second kappa shape index (κ2) is 8.99. The van der Waals surface area contributed by atoms with Crippen molar-refractivity contribution in [2.45, 2.75) is 46.5 Å². The van der Waals surface area contributed by atoms with E-state index in [0.717, 1.165) is 55.8 Å². The summed E-state index contributed by atoms with van der Waals surface area (Å²) in [6.07, 6.45) is 8.18. The number of hydrogen-bond donors (Lipinski definition) is 1. The van der Waals surface area contributed by atoms with Crippen LogP contribution in [0, 0.1) is 26.7 Å². The molecule has 1 saturated heterocycles. The molecule has 2 aromatic rings. The first kappa shape index (κ1) is 20.0. The summed E-state index contributed by atoms with van der Waals surface area (Å²) >= 11 is 0. The third-order valence-electron chi connectivity index (χ3n) is 5.29. The number of nitrogens with two attached hydrogens (primary N) is 1. The Balaban J connectivity index is 1.41. The smallest absolute Gasteiger partial charge is 0.250 e. The largest absolute Gasteiger partial charge is 0.478 e. The van der Waals surface area contributed by atoms with Crippen molar-refractivity contribution < 1.29 is 9.53 Å². The van der Waals surface area contributed by atoms with Crippen LogP contribution in [0.4, 0.5) is 5.95 Å². The number of rotatable bonds is 7. The second-order valence-corrected chi connectivity index (χ2v) is 7.58. The fourth-order valence-electron chi connectivity index (χ4n) is 3.76. The van der Waals surface area contributed by atoms with E-state index >= 15 is 0 Å². The van der Waals surface area contributed by atoms with Gasteiger partial charge in [-0.1, -0.05) is 0 Å². The molecule has 7 nitrogen and oxygen atoms in total. The van der Waals surface area contributed by atoms with Crippen LogP contribution in [0.5, 0.6) is 5.88 Å². The average molecular weight is 383 g/mol. The minimum Gasteiger partial charge on any atom is -0.478 e. The summed E-state index contributed by atoms with van der Waals surface area (Å²) in [6, 6.07) is 1.78. The molecule has 3 rings (SSSR count). The van der Waals surface area contributed by atoms with Gasteiger partial charge in [-0.3, -0.25) is 4.79 Å². The second-order valence-electron chi connectivity index (χ2n) is 7.58. The Morgan fingerprint density at radius 1 is 1.21 bits per heavy atom. The third-order valence-corrected chi connectivity index (χ3v) is 5.29. The highest BCUT2D eigenvalue weighted by Gasteiger charge is 2.20. The van der Waals surface area contributed by atoms with Crippen molar-refractivity contribution in [1.29, 1.82) is 0 Å². The molecule has 7 heteroatoms. The van der Waals surface area contributed by atoms with Crippen LogP contribution in [-0.2, 0) is 0 Å². The molecule has 2 N–H and O–H groups in total. The number of piperidine rings is 1. The summed E-state index contributed by atoms with van der Waals surface area (Å²) in [4.78, 5) is 26.9. The van der Waals surface area contributed by atoms with Crippen molar-refractivity contribution in [2.75, 3.05) is 24.6 Å². The number of primary amides is 1. The lowest BCUT2D eigenvalue weighted by Crippen LogP contribution is -2.34. The van der Waals surface area contributed by atoms with Gasteiger partial charge < -0.3 is 15.4 Å². The van der Waals surface area contributed by atoms with Gasteiger partial charge in [-0.05, 0) is 63.5 Å². The van der Waals surface area contributed by atoms with Crippen molar-refractivity contribution in [1.82, 2.24) is 15.0 Å². The van der Waals surface area contributed by atoms with Crippen LogP contribution in [0.15, 0.2) is 18.5 Å². The Morgan fingerprint density at radius 3 is 2.50 bits per heavy atom. The summed E-state index contributed by atoms with van der Waals surface area (Å²) in [7, 11) is 0. The molecule has 0 aromatic carbocycles. The van der Waals surface area contributed by atoms with Crippen LogP contribution < -0.4 is 15.4 Å². The normalized spacial score (nSPS) is 14.9. The molecule has 1 fully saturated rings. The van der Waals surface area contributed by atoms with Gasteiger partial charge in [0.2, 0.25) is 11.8 Å². The molecular weight excluding hydrogens is 354 g/mol. The fraction of sp³-hybridized carbons (Fsp3) is 0.524. The fourth-order valence-corrected chi connectivity index (χ4v) is 3.76. The highest BCUT2D eigenvalue weighted by molar-refractivity contribution is 5.95. The molecule has 0 saturated carbocycles. The van der Waals surface area contributed by atoms with Crippen molar-refractivity contribution in [2.24, 2.45) is 11.7 Å². The summed E-state index contributed by atoms with van der Waals surface area (Å²) in [5.74, 6) is 1.66. The van der Waals surface area contributed by atoms with E-state index in [1.807, 2.05) is 26.2 Å². The number of carbonyl (C=O) groups excluding carboxylic acids is 1. The minimum absolute atomic E-state index is 0.448. The first-order chi connectivity index (χ1) is 13.4. The van der Waals surface area contributed by atoms with E-state index in [1.165, 1.54) is 0 Å². The van der Waals surface area contributed by atoms with Gasteiger partial charge in [0.25, 0.3) is 5.91 Å². The molecule has 0 radical (unpaired) electrons. The lowest BCUT2D eigenvalue weighted by atomic mass is 9.92. The molecule has 0 unspecified atom stereocenters. The lowest BCUT2D eigenvalue weighted by molar-refractivity contribution is 0.0998. The number of hydrogen-bond acceptors (Lipinski definition) is 6. The molecule has 3 heterocycles. The maximum atomic E-state index is 11.4. The number of nitrogens with zero attached hydrogens (tertiary/aromatic N) is 4. The Kier molecular flexibility index (Phi) is 6.44. The van der Waals surface area contributed by atoms with E-state index in [0.29, 0.717) is 29.7 Å². The van der Waals surface area contributed by atoms with E-state index in [-0.39, 0.29) is 0 Å². The number of aryl methyl sites for hydroxylation is 3. The van der Waals surface area contributed by atoms with E-state index < -0.39 is 5.91 Å². The Labute approximate surface area is 166 Å². The maximum absolute atomic E-state index is 11.4. The maximum Gasteiger partial charge on any atom is 0.250 e. The zero-order valence-corrected chi connectivity index (χ0v) is 16.9. The van der Waals surface area contributed by atoms with E-state index in [1.54, 1.807) is 13.0 Å². The van der Waals surface area contributed by atoms with Crippen molar-refractivity contribution in [3.63, 3.8) is 0 Å². The van der Waals surface area contributed by atoms with Crippen LogP contribution in [0.2, 0.25) is 0 Å². The molecule has 0 bridgehead atoms. The molecule has 2 aromatic heterocycles. The topological polar surface area (TPSA) is 94.2 Å². The SMILES string of the molecule is Cc1cnc(N2CCC(CCCOc3cc(C)c(C(N)=O)c(C)n3)CC2)nc1. The van der Waals surface area contributed by atoms with Crippen molar-refractivity contribution in [3.8, 4) is 5.88 Å². The number of anilines is 1. The van der Waals surface area contributed by atoms with Gasteiger partial charge in [0.15, 0.2) is 0 Å². The van der Waals surface area contributed by atoms with Gasteiger partial charge in [-0.25, -0.2) is 15.0 Å². The standard InChI is InChI=1S/C21H29N5O2/c1-14-12-23-21(24-13-14)26-8-6-17(7-9-26)5-4-10-28-18-11-15(2)19(20(22)27)16(3)25-18/h11-13,17H,4-10H2,1-3H3,(H2,22,27). The first-order valence-corrected chi connectivity index (χ1v) is 9.88. The van der Waals surface area contributed by atoms with Crippen molar-refractivity contribution >= 4 is 11.9 Å². The zero-order chi connectivity index (χ0) is 20.1. The van der Waals surface area contributed by atoms with Crippen LogP contribution in [0.25, 0.3) is 0 Å².